The van der Waals surface area contributed by atoms with Crippen molar-refractivity contribution in [3.05, 3.63) is 52.5 Å². The molecule has 2 aromatic carbocycles. The summed E-state index contributed by atoms with van der Waals surface area (Å²) in [5.74, 6) is -0.0980. The van der Waals surface area contributed by atoms with Crippen molar-refractivity contribution in [3.8, 4) is 0 Å². The first kappa shape index (κ1) is 18.5. The number of rotatable bonds is 3. The highest BCUT2D eigenvalue weighted by Crippen LogP contribution is 2.25. The number of benzene rings is 2. The van der Waals surface area contributed by atoms with Gasteiger partial charge in [-0.3, -0.25) is 4.79 Å². The number of carbonyl (C=O) groups excluding carboxylic acids is 1. The number of amides is 1. The molecule has 10 heteroatoms. The zero-order valence-corrected chi connectivity index (χ0v) is 17.3. The van der Waals surface area contributed by atoms with Crippen LogP contribution >= 0.6 is 27.7 Å². The predicted octanol–water partition coefficient (Wildman–Crippen LogP) is 2.60. The quantitative estimate of drug-likeness (QED) is 0.592. The second-order valence-electron chi connectivity index (χ2n) is 6.09. The van der Waals surface area contributed by atoms with Crippen molar-refractivity contribution < 1.29 is 13.2 Å². The smallest absolute Gasteiger partial charge is 0.253 e. The Hall–Kier alpha value is -1.88. The van der Waals surface area contributed by atoms with Crippen molar-refractivity contribution >= 4 is 54.6 Å². The van der Waals surface area contributed by atoms with Crippen LogP contribution in [0, 0.1) is 0 Å². The molecule has 1 amide bonds. The standard InChI is InChI=1S/C17H15BrN4O3S2/c18-13-4-1-3-12(11-13)17(23)21-7-9-22(10-8-21)27(24,25)15-6-2-5-14-16(15)20-26-19-14/h1-6,11H,7-10H2. The third-order valence-electron chi connectivity index (χ3n) is 4.46. The van der Waals surface area contributed by atoms with Crippen molar-refractivity contribution in [1.29, 1.82) is 0 Å². The van der Waals surface area contributed by atoms with Gasteiger partial charge in [-0.15, -0.1) is 0 Å². The first-order chi connectivity index (χ1) is 13.0. The van der Waals surface area contributed by atoms with E-state index in [4.69, 9.17) is 0 Å². The fourth-order valence-corrected chi connectivity index (χ4v) is 5.64. The Morgan fingerprint density at radius 1 is 1.04 bits per heavy atom. The van der Waals surface area contributed by atoms with Gasteiger partial charge in [-0.25, -0.2) is 8.42 Å². The van der Waals surface area contributed by atoms with E-state index in [1.54, 1.807) is 41.3 Å². The molecule has 1 aliphatic heterocycles. The molecule has 1 aromatic heterocycles. The normalized spacial score (nSPS) is 16.0. The van der Waals surface area contributed by atoms with Crippen molar-refractivity contribution in [1.82, 2.24) is 18.0 Å². The lowest BCUT2D eigenvalue weighted by molar-refractivity contribution is 0.0698. The van der Waals surface area contributed by atoms with E-state index in [-0.39, 0.29) is 23.9 Å². The van der Waals surface area contributed by atoms with E-state index >= 15 is 0 Å². The first-order valence-electron chi connectivity index (χ1n) is 8.23. The van der Waals surface area contributed by atoms with E-state index in [0.29, 0.717) is 29.7 Å². The lowest BCUT2D eigenvalue weighted by Crippen LogP contribution is -2.50. The van der Waals surface area contributed by atoms with Gasteiger partial charge in [0.05, 0.1) is 11.7 Å². The minimum absolute atomic E-state index is 0.0980. The maximum Gasteiger partial charge on any atom is 0.253 e. The van der Waals surface area contributed by atoms with Crippen LogP contribution in [0.2, 0.25) is 0 Å². The van der Waals surface area contributed by atoms with Gasteiger partial charge in [-0.05, 0) is 30.3 Å². The second-order valence-corrected chi connectivity index (χ2v) is 9.45. The Labute approximate surface area is 169 Å². The van der Waals surface area contributed by atoms with E-state index in [2.05, 4.69) is 24.7 Å². The zero-order chi connectivity index (χ0) is 19.0. The van der Waals surface area contributed by atoms with E-state index < -0.39 is 10.0 Å². The molecule has 140 valence electrons. The second kappa shape index (κ2) is 7.27. The maximum absolute atomic E-state index is 13.0. The van der Waals surface area contributed by atoms with Crippen molar-refractivity contribution in [3.63, 3.8) is 0 Å². The minimum atomic E-state index is -3.69. The Bertz CT molecular complexity index is 1110. The van der Waals surface area contributed by atoms with Crippen LogP contribution < -0.4 is 0 Å². The molecule has 7 nitrogen and oxygen atoms in total. The van der Waals surface area contributed by atoms with Gasteiger partial charge < -0.3 is 4.90 Å². The molecule has 27 heavy (non-hydrogen) atoms. The highest BCUT2D eigenvalue weighted by molar-refractivity contribution is 9.10. The summed E-state index contributed by atoms with van der Waals surface area (Å²) in [6.45, 7) is 1.18. The van der Waals surface area contributed by atoms with Crippen LogP contribution in [0.4, 0.5) is 0 Å². The van der Waals surface area contributed by atoms with Gasteiger partial charge in [0.15, 0.2) is 0 Å². The summed E-state index contributed by atoms with van der Waals surface area (Å²) < 4.78 is 36.6. The molecule has 0 unspecified atom stereocenters. The number of hydrogen-bond acceptors (Lipinski definition) is 6. The van der Waals surface area contributed by atoms with Crippen LogP contribution in [0.3, 0.4) is 0 Å². The Kier molecular flexibility index (Phi) is 4.97. The van der Waals surface area contributed by atoms with E-state index in [1.165, 1.54) is 4.31 Å². The summed E-state index contributed by atoms with van der Waals surface area (Å²) in [5.41, 5.74) is 1.55. The highest BCUT2D eigenvalue weighted by atomic mass is 79.9. The van der Waals surface area contributed by atoms with Crippen LogP contribution in [-0.2, 0) is 10.0 Å². The van der Waals surface area contributed by atoms with E-state index in [9.17, 15) is 13.2 Å². The molecule has 0 N–H and O–H groups in total. The predicted molar refractivity (Wildman–Crippen MR) is 106 cm³/mol. The average Bonchev–Trinajstić information content (AvgIpc) is 3.16. The molecule has 2 heterocycles. The summed E-state index contributed by atoms with van der Waals surface area (Å²) in [6, 6.07) is 12.2. The fourth-order valence-electron chi connectivity index (χ4n) is 3.06. The van der Waals surface area contributed by atoms with E-state index in [1.807, 2.05) is 6.07 Å². The Morgan fingerprint density at radius 2 is 1.78 bits per heavy atom. The highest BCUT2D eigenvalue weighted by Gasteiger charge is 2.32. The van der Waals surface area contributed by atoms with Gasteiger partial charge >= 0.3 is 0 Å². The van der Waals surface area contributed by atoms with Gasteiger partial charge in [-0.1, -0.05) is 28.1 Å². The number of nitrogens with zero attached hydrogens (tertiary/aromatic N) is 4. The van der Waals surface area contributed by atoms with Crippen LogP contribution in [-0.4, -0.2) is 58.5 Å². The molecule has 0 aliphatic carbocycles. The van der Waals surface area contributed by atoms with Crippen molar-refractivity contribution in [2.45, 2.75) is 4.90 Å². The third-order valence-corrected chi connectivity index (χ3v) is 7.43. The Morgan fingerprint density at radius 3 is 2.52 bits per heavy atom. The molecule has 0 bridgehead atoms. The monoisotopic (exact) mass is 466 g/mol. The largest absolute Gasteiger partial charge is 0.336 e. The molecule has 0 spiro atoms. The molecule has 0 saturated carbocycles. The molecule has 1 saturated heterocycles. The SMILES string of the molecule is O=C(c1cccc(Br)c1)N1CCN(S(=O)(=O)c2cccc3nsnc23)CC1. The lowest BCUT2D eigenvalue weighted by Gasteiger charge is -2.34. The number of piperazine rings is 1. The number of sulfonamides is 1. The number of carbonyl (C=O) groups is 1. The van der Waals surface area contributed by atoms with Gasteiger partial charge in [0, 0.05) is 36.2 Å². The maximum atomic E-state index is 13.0. The van der Waals surface area contributed by atoms with Gasteiger partial charge in [0.1, 0.15) is 15.9 Å². The molecular formula is C17H15BrN4O3S2. The summed E-state index contributed by atoms with van der Waals surface area (Å²) >= 11 is 4.36. The molecule has 1 fully saturated rings. The molecular weight excluding hydrogens is 452 g/mol. The number of hydrogen-bond donors (Lipinski definition) is 0. The van der Waals surface area contributed by atoms with Gasteiger partial charge in [0.2, 0.25) is 10.0 Å². The number of halogens is 1. The fraction of sp³-hybridized carbons (Fsp3) is 0.235. The summed E-state index contributed by atoms with van der Waals surface area (Å²) in [7, 11) is -3.69. The molecule has 1 aliphatic rings. The zero-order valence-electron chi connectivity index (χ0n) is 14.1. The van der Waals surface area contributed by atoms with E-state index in [0.717, 1.165) is 16.2 Å². The molecule has 4 rings (SSSR count). The van der Waals surface area contributed by atoms with Gasteiger partial charge in [-0.2, -0.15) is 13.1 Å². The Balaban J connectivity index is 1.52. The third kappa shape index (κ3) is 3.49. The first-order valence-corrected chi connectivity index (χ1v) is 11.2. The summed E-state index contributed by atoms with van der Waals surface area (Å²) in [4.78, 5) is 14.5. The minimum Gasteiger partial charge on any atom is -0.336 e. The molecule has 3 aromatic rings. The summed E-state index contributed by atoms with van der Waals surface area (Å²) in [5, 5.41) is 0. The number of aromatic nitrogens is 2. The average molecular weight is 467 g/mol. The van der Waals surface area contributed by atoms with Crippen LogP contribution in [0.1, 0.15) is 10.4 Å². The molecule has 0 atom stereocenters. The van der Waals surface area contributed by atoms with Crippen molar-refractivity contribution in [2.75, 3.05) is 26.2 Å². The van der Waals surface area contributed by atoms with Crippen LogP contribution in [0.15, 0.2) is 51.8 Å². The van der Waals surface area contributed by atoms with Crippen molar-refractivity contribution in [2.24, 2.45) is 0 Å². The lowest BCUT2D eigenvalue weighted by atomic mass is 10.2. The molecule has 0 radical (unpaired) electrons. The van der Waals surface area contributed by atoms with Crippen LogP contribution in [0.5, 0.6) is 0 Å². The summed E-state index contributed by atoms with van der Waals surface area (Å²) in [6.07, 6.45) is 0. The topological polar surface area (TPSA) is 83.5 Å². The number of fused-ring (bicyclic) bond motifs is 1. The van der Waals surface area contributed by atoms with Crippen LogP contribution in [0.25, 0.3) is 11.0 Å². The van der Waals surface area contributed by atoms with Gasteiger partial charge in [0.25, 0.3) is 5.91 Å².